The van der Waals surface area contributed by atoms with Gasteiger partial charge in [-0.3, -0.25) is 0 Å². The zero-order valence-electron chi connectivity index (χ0n) is 13.7. The minimum atomic E-state index is -5.11. The van der Waals surface area contributed by atoms with Gasteiger partial charge in [-0.15, -0.1) is 5.06 Å². The second-order valence-electron chi connectivity index (χ2n) is 6.02. The summed E-state index contributed by atoms with van der Waals surface area (Å²) < 4.78 is 64.2. The highest BCUT2D eigenvalue weighted by atomic mass is 35.5. The molecule has 146 valence electrons. The molecule has 0 unspecified atom stereocenters. The van der Waals surface area contributed by atoms with Crippen LogP contribution in [0.15, 0.2) is 41.3 Å². The fraction of sp³-hybridized carbons (Fsp3) is 0.312. The molecule has 1 saturated heterocycles. The molecule has 1 N–H and O–H groups in total. The summed E-state index contributed by atoms with van der Waals surface area (Å²) in [6, 6.07) is 8.84. The minimum absolute atomic E-state index is 0.00870. The molecule has 2 aromatic carbocycles. The first-order chi connectivity index (χ1) is 12.5. The number of fused-ring (bicyclic) bond motifs is 1. The molecule has 6 nitrogen and oxygen atoms in total. The van der Waals surface area contributed by atoms with Crippen LogP contribution in [0.25, 0.3) is 10.8 Å². The Balaban J connectivity index is 1.68. The standard InChI is InChI=1S/C16H14ClF3N2O4S/c17-12-3-1-11-8-14(4-2-10(11)7-12)27(24,25)21-13-5-6-22(9-13)26-15(23)16(18,19)20/h1-4,7-8,13,21H,5-6,9H2/t13-/m0/s1. The monoisotopic (exact) mass is 422 g/mol. The molecule has 1 atom stereocenters. The highest BCUT2D eigenvalue weighted by Gasteiger charge is 2.43. The number of sulfonamides is 1. The summed E-state index contributed by atoms with van der Waals surface area (Å²) in [7, 11) is -3.90. The third-order valence-electron chi connectivity index (χ3n) is 4.00. The molecule has 3 rings (SSSR count). The average Bonchev–Trinajstić information content (AvgIpc) is 2.99. The van der Waals surface area contributed by atoms with E-state index in [1.165, 1.54) is 12.1 Å². The molecule has 0 bridgehead atoms. The summed E-state index contributed by atoms with van der Waals surface area (Å²) in [5.41, 5.74) is 0. The Hall–Kier alpha value is -1.88. The third kappa shape index (κ3) is 4.70. The van der Waals surface area contributed by atoms with Crippen molar-refractivity contribution in [3.8, 4) is 0 Å². The molecule has 27 heavy (non-hydrogen) atoms. The molecule has 1 fully saturated rings. The molecular weight excluding hydrogens is 409 g/mol. The van der Waals surface area contributed by atoms with Gasteiger partial charge in [0.05, 0.1) is 11.4 Å². The second kappa shape index (κ2) is 7.27. The van der Waals surface area contributed by atoms with E-state index in [-0.39, 0.29) is 24.4 Å². The number of alkyl halides is 3. The van der Waals surface area contributed by atoms with Crippen LogP contribution in [-0.2, 0) is 19.7 Å². The number of hydrogen-bond acceptors (Lipinski definition) is 5. The van der Waals surface area contributed by atoms with Crippen LogP contribution in [0.3, 0.4) is 0 Å². The van der Waals surface area contributed by atoms with Gasteiger partial charge in [-0.25, -0.2) is 17.9 Å². The number of rotatable bonds is 4. The largest absolute Gasteiger partial charge is 0.492 e. The second-order valence-corrected chi connectivity index (χ2v) is 8.18. The van der Waals surface area contributed by atoms with Gasteiger partial charge in [0.15, 0.2) is 0 Å². The van der Waals surface area contributed by atoms with Crippen LogP contribution in [0.5, 0.6) is 0 Å². The third-order valence-corrected chi connectivity index (χ3v) is 5.75. The van der Waals surface area contributed by atoms with E-state index < -0.39 is 28.2 Å². The Morgan fingerprint density at radius 1 is 1.19 bits per heavy atom. The lowest BCUT2D eigenvalue weighted by Gasteiger charge is -2.17. The Bertz CT molecular complexity index is 981. The van der Waals surface area contributed by atoms with Gasteiger partial charge < -0.3 is 4.84 Å². The van der Waals surface area contributed by atoms with Crippen molar-refractivity contribution in [2.45, 2.75) is 23.5 Å². The van der Waals surface area contributed by atoms with Gasteiger partial charge in [0.25, 0.3) is 0 Å². The van der Waals surface area contributed by atoms with E-state index in [9.17, 15) is 26.4 Å². The van der Waals surface area contributed by atoms with Gasteiger partial charge in [-0.1, -0.05) is 23.7 Å². The molecule has 0 radical (unpaired) electrons. The predicted octanol–water partition coefficient (Wildman–Crippen LogP) is 2.87. The summed E-state index contributed by atoms with van der Waals surface area (Å²) in [5.74, 6) is -2.33. The molecule has 1 heterocycles. The summed E-state index contributed by atoms with van der Waals surface area (Å²) in [6.45, 7) is -0.185. The molecule has 0 amide bonds. The summed E-state index contributed by atoms with van der Waals surface area (Å²) in [6.07, 6.45) is -4.90. The van der Waals surface area contributed by atoms with E-state index in [1.807, 2.05) is 0 Å². The molecular formula is C16H14ClF3N2O4S. The van der Waals surface area contributed by atoms with Gasteiger partial charge >= 0.3 is 12.1 Å². The average molecular weight is 423 g/mol. The van der Waals surface area contributed by atoms with E-state index in [1.54, 1.807) is 24.3 Å². The van der Waals surface area contributed by atoms with Crippen molar-refractivity contribution in [3.05, 3.63) is 41.4 Å². The van der Waals surface area contributed by atoms with E-state index in [0.717, 1.165) is 10.4 Å². The minimum Gasteiger partial charge on any atom is -0.361 e. The Morgan fingerprint density at radius 3 is 2.56 bits per heavy atom. The smallest absolute Gasteiger partial charge is 0.361 e. The van der Waals surface area contributed by atoms with Crippen molar-refractivity contribution < 1.29 is 31.2 Å². The zero-order valence-corrected chi connectivity index (χ0v) is 15.2. The molecule has 11 heteroatoms. The number of carbonyl (C=O) groups is 1. The zero-order chi connectivity index (χ0) is 19.8. The van der Waals surface area contributed by atoms with Crippen LogP contribution in [-0.4, -0.2) is 44.8 Å². The number of benzene rings is 2. The molecule has 0 saturated carbocycles. The first-order valence-electron chi connectivity index (χ1n) is 7.80. The predicted molar refractivity (Wildman–Crippen MR) is 91.4 cm³/mol. The topological polar surface area (TPSA) is 75.7 Å². The fourth-order valence-electron chi connectivity index (χ4n) is 2.73. The van der Waals surface area contributed by atoms with E-state index in [2.05, 4.69) is 9.56 Å². The van der Waals surface area contributed by atoms with Crippen molar-refractivity contribution in [3.63, 3.8) is 0 Å². The van der Waals surface area contributed by atoms with Gasteiger partial charge in [-0.2, -0.15) is 13.2 Å². The molecule has 1 aliphatic rings. The quantitative estimate of drug-likeness (QED) is 0.820. The van der Waals surface area contributed by atoms with Crippen molar-refractivity contribution in [2.24, 2.45) is 0 Å². The van der Waals surface area contributed by atoms with Crippen molar-refractivity contribution in [1.29, 1.82) is 0 Å². The number of nitrogens with one attached hydrogen (secondary N) is 1. The number of carbonyl (C=O) groups excluding carboxylic acids is 1. The van der Waals surface area contributed by atoms with Crippen molar-refractivity contribution in [1.82, 2.24) is 9.79 Å². The molecule has 1 aliphatic heterocycles. The summed E-state index contributed by atoms with van der Waals surface area (Å²) in [4.78, 5) is 15.1. The van der Waals surface area contributed by atoms with Gasteiger partial charge in [0, 0.05) is 17.6 Å². The molecule has 0 spiro atoms. The summed E-state index contributed by atoms with van der Waals surface area (Å²) in [5, 5.41) is 2.77. The van der Waals surface area contributed by atoms with Crippen LogP contribution in [0.4, 0.5) is 13.2 Å². The Kier molecular flexibility index (Phi) is 5.35. The number of halogens is 4. The van der Waals surface area contributed by atoms with E-state index in [4.69, 9.17) is 11.6 Å². The highest BCUT2D eigenvalue weighted by Crippen LogP contribution is 2.24. The van der Waals surface area contributed by atoms with Crippen LogP contribution in [0.2, 0.25) is 5.02 Å². The maximum Gasteiger partial charge on any atom is 0.492 e. The molecule has 2 aromatic rings. The first kappa shape index (κ1) is 19.9. The maximum absolute atomic E-state index is 12.5. The van der Waals surface area contributed by atoms with Gasteiger partial charge in [-0.05, 0) is 41.5 Å². The normalized spacial score (nSPS) is 18.7. The van der Waals surface area contributed by atoms with Crippen LogP contribution < -0.4 is 4.72 Å². The van der Waals surface area contributed by atoms with Crippen molar-refractivity contribution in [2.75, 3.05) is 13.1 Å². The SMILES string of the molecule is O=C(ON1CC[C@H](NS(=O)(=O)c2ccc3cc(Cl)ccc3c2)C1)C(F)(F)F. The molecule has 0 aliphatic carbocycles. The number of hydroxylamine groups is 2. The van der Waals surface area contributed by atoms with E-state index in [0.29, 0.717) is 10.4 Å². The Labute approximate surface area is 157 Å². The molecule has 0 aromatic heterocycles. The van der Waals surface area contributed by atoms with Gasteiger partial charge in [0.2, 0.25) is 10.0 Å². The van der Waals surface area contributed by atoms with Crippen molar-refractivity contribution >= 4 is 38.4 Å². The number of nitrogens with zero attached hydrogens (tertiary/aromatic N) is 1. The first-order valence-corrected chi connectivity index (χ1v) is 9.66. The lowest BCUT2D eigenvalue weighted by atomic mass is 10.1. The van der Waals surface area contributed by atoms with Gasteiger partial charge in [0.1, 0.15) is 0 Å². The van der Waals surface area contributed by atoms with Crippen LogP contribution >= 0.6 is 11.6 Å². The number of hydrogen-bond donors (Lipinski definition) is 1. The lowest BCUT2D eigenvalue weighted by molar-refractivity contribution is -0.235. The highest BCUT2D eigenvalue weighted by molar-refractivity contribution is 7.89. The Morgan fingerprint density at radius 2 is 1.85 bits per heavy atom. The van der Waals surface area contributed by atoms with Crippen LogP contribution in [0, 0.1) is 0 Å². The lowest BCUT2D eigenvalue weighted by Crippen LogP contribution is -2.39. The fourth-order valence-corrected chi connectivity index (χ4v) is 4.20. The maximum atomic E-state index is 12.5. The summed E-state index contributed by atoms with van der Waals surface area (Å²) >= 11 is 5.90. The van der Waals surface area contributed by atoms with E-state index >= 15 is 0 Å². The van der Waals surface area contributed by atoms with Crippen LogP contribution in [0.1, 0.15) is 6.42 Å².